The van der Waals surface area contributed by atoms with Gasteiger partial charge in [-0.05, 0) is 26.0 Å². The van der Waals surface area contributed by atoms with Gasteiger partial charge in [-0.1, -0.05) is 40.3 Å². The number of morpholine rings is 1. The summed E-state index contributed by atoms with van der Waals surface area (Å²) < 4.78 is 6.79. The average molecular weight is 314 g/mol. The van der Waals surface area contributed by atoms with Crippen molar-refractivity contribution < 1.29 is 4.74 Å². The van der Waals surface area contributed by atoms with Crippen LogP contribution in [0.3, 0.4) is 0 Å². The van der Waals surface area contributed by atoms with E-state index in [1.165, 1.54) is 0 Å². The normalized spacial score (nSPS) is 24.8. The van der Waals surface area contributed by atoms with Gasteiger partial charge in [-0.2, -0.15) is 0 Å². The van der Waals surface area contributed by atoms with E-state index in [9.17, 15) is 0 Å². The molecule has 0 bridgehead atoms. The average Bonchev–Trinajstić information content (AvgIpc) is 2.28. The first-order valence-electron chi connectivity index (χ1n) is 5.76. The van der Waals surface area contributed by atoms with Crippen LogP contribution in [0.2, 0.25) is 0 Å². The van der Waals surface area contributed by atoms with Crippen molar-refractivity contribution in [1.82, 2.24) is 4.90 Å². The molecule has 1 aromatic carbocycles. The molecule has 2 rings (SSSR count). The molecule has 1 saturated heterocycles. The van der Waals surface area contributed by atoms with Crippen molar-refractivity contribution in [2.24, 2.45) is 0 Å². The Kier molecular flexibility index (Phi) is 4.17. The van der Waals surface area contributed by atoms with E-state index in [0.717, 1.165) is 28.1 Å². The topological polar surface area (TPSA) is 12.5 Å². The maximum Gasteiger partial charge on any atom is 0.109 e. The van der Waals surface area contributed by atoms with E-state index < -0.39 is 0 Å². The molecular formula is C13H16BrNOS. The summed E-state index contributed by atoms with van der Waals surface area (Å²) in [6.07, 6.45) is 0.485. The van der Waals surface area contributed by atoms with Gasteiger partial charge < -0.3 is 9.64 Å². The molecule has 0 radical (unpaired) electrons. The Bertz CT molecular complexity index is 396. The van der Waals surface area contributed by atoms with Gasteiger partial charge in [-0.3, -0.25) is 0 Å². The fourth-order valence-electron chi connectivity index (χ4n) is 2.12. The summed E-state index contributed by atoms with van der Waals surface area (Å²) >= 11 is 8.98. The van der Waals surface area contributed by atoms with E-state index in [4.69, 9.17) is 17.0 Å². The van der Waals surface area contributed by atoms with Gasteiger partial charge in [0.25, 0.3) is 0 Å². The second kappa shape index (κ2) is 5.46. The number of benzene rings is 1. The van der Waals surface area contributed by atoms with Crippen LogP contribution in [0.1, 0.15) is 19.4 Å². The minimum absolute atomic E-state index is 0.243. The third-order valence-electron chi connectivity index (χ3n) is 2.80. The number of thiocarbonyl (C=S) groups is 1. The highest BCUT2D eigenvalue weighted by atomic mass is 79.9. The van der Waals surface area contributed by atoms with Gasteiger partial charge in [0.05, 0.1) is 12.2 Å². The summed E-state index contributed by atoms with van der Waals surface area (Å²) in [6.45, 7) is 5.93. The Balaban J connectivity index is 2.11. The first-order chi connectivity index (χ1) is 8.06. The number of halogens is 1. The molecule has 0 unspecified atom stereocenters. The molecule has 0 spiro atoms. The van der Waals surface area contributed by atoms with Crippen LogP contribution in [-0.4, -0.2) is 35.2 Å². The lowest BCUT2D eigenvalue weighted by Crippen LogP contribution is -2.47. The van der Waals surface area contributed by atoms with E-state index in [0.29, 0.717) is 0 Å². The maximum atomic E-state index is 5.71. The molecule has 1 aliphatic rings. The quantitative estimate of drug-likeness (QED) is 0.739. The number of ether oxygens (including phenoxy) is 1. The molecule has 17 heavy (non-hydrogen) atoms. The molecule has 1 aliphatic heterocycles. The second-order valence-corrected chi connectivity index (χ2v) is 5.78. The van der Waals surface area contributed by atoms with Crippen molar-refractivity contribution in [2.75, 3.05) is 13.1 Å². The predicted octanol–water partition coefficient (Wildman–Crippen LogP) is 3.23. The van der Waals surface area contributed by atoms with Gasteiger partial charge in [-0.15, -0.1) is 0 Å². The molecule has 4 heteroatoms. The molecule has 0 aliphatic carbocycles. The summed E-state index contributed by atoms with van der Waals surface area (Å²) in [5, 5.41) is 0. The zero-order valence-electron chi connectivity index (χ0n) is 10.0. The van der Waals surface area contributed by atoms with Gasteiger partial charge in [0.2, 0.25) is 0 Å². The van der Waals surface area contributed by atoms with Crippen molar-refractivity contribution in [3.8, 4) is 0 Å². The van der Waals surface area contributed by atoms with Gasteiger partial charge in [-0.25, -0.2) is 0 Å². The first-order valence-corrected chi connectivity index (χ1v) is 6.96. The van der Waals surface area contributed by atoms with Crippen molar-refractivity contribution >= 4 is 33.1 Å². The zero-order valence-corrected chi connectivity index (χ0v) is 12.4. The summed E-state index contributed by atoms with van der Waals surface area (Å²) in [7, 11) is 0. The standard InChI is InChI=1S/C13H16BrNOS/c1-9-7-15(8-10(2)16-9)13(17)11-3-5-12(14)6-4-11/h3-6,9-10H,7-8H2,1-2H3/t9-,10+. The molecular weight excluding hydrogens is 298 g/mol. The highest BCUT2D eigenvalue weighted by Crippen LogP contribution is 2.17. The van der Waals surface area contributed by atoms with Crippen LogP contribution in [0.5, 0.6) is 0 Å². The zero-order chi connectivity index (χ0) is 12.4. The number of hydrogen-bond donors (Lipinski definition) is 0. The van der Waals surface area contributed by atoms with Gasteiger partial charge in [0, 0.05) is 23.1 Å². The Morgan fingerprint density at radius 3 is 2.29 bits per heavy atom. The second-order valence-electron chi connectivity index (χ2n) is 4.47. The number of rotatable bonds is 1. The van der Waals surface area contributed by atoms with Crippen LogP contribution in [0, 0.1) is 0 Å². The molecule has 0 saturated carbocycles. The fourth-order valence-corrected chi connectivity index (χ4v) is 2.67. The molecule has 0 aromatic heterocycles. The molecule has 1 fully saturated rings. The van der Waals surface area contributed by atoms with Crippen LogP contribution in [-0.2, 0) is 4.74 Å². The Hall–Kier alpha value is -0.450. The number of nitrogens with zero attached hydrogens (tertiary/aromatic N) is 1. The minimum Gasteiger partial charge on any atom is -0.372 e. The van der Waals surface area contributed by atoms with Gasteiger partial charge in [0.15, 0.2) is 0 Å². The van der Waals surface area contributed by atoms with Crippen LogP contribution in [0.25, 0.3) is 0 Å². The van der Waals surface area contributed by atoms with Crippen molar-refractivity contribution in [3.05, 3.63) is 34.3 Å². The van der Waals surface area contributed by atoms with Crippen LogP contribution < -0.4 is 0 Å². The third-order valence-corrected chi connectivity index (χ3v) is 3.82. The molecule has 2 atom stereocenters. The van der Waals surface area contributed by atoms with E-state index in [1.807, 2.05) is 12.1 Å². The van der Waals surface area contributed by atoms with Crippen LogP contribution >= 0.6 is 28.1 Å². The van der Waals surface area contributed by atoms with Crippen molar-refractivity contribution in [2.45, 2.75) is 26.1 Å². The summed E-state index contributed by atoms with van der Waals surface area (Å²) in [4.78, 5) is 3.15. The van der Waals surface area contributed by atoms with Gasteiger partial charge in [0.1, 0.15) is 4.99 Å². The maximum absolute atomic E-state index is 5.71. The largest absolute Gasteiger partial charge is 0.372 e. The molecule has 2 nitrogen and oxygen atoms in total. The van der Waals surface area contributed by atoms with Crippen LogP contribution in [0.4, 0.5) is 0 Å². The number of hydrogen-bond acceptors (Lipinski definition) is 2. The molecule has 0 amide bonds. The highest BCUT2D eigenvalue weighted by Gasteiger charge is 2.24. The Morgan fingerprint density at radius 2 is 1.76 bits per heavy atom. The highest BCUT2D eigenvalue weighted by molar-refractivity contribution is 9.10. The Labute approximate surface area is 116 Å². The molecule has 0 N–H and O–H groups in total. The van der Waals surface area contributed by atoms with Crippen molar-refractivity contribution in [3.63, 3.8) is 0 Å². The predicted molar refractivity (Wildman–Crippen MR) is 77.4 cm³/mol. The van der Waals surface area contributed by atoms with E-state index in [1.54, 1.807) is 0 Å². The molecule has 92 valence electrons. The fraction of sp³-hybridized carbons (Fsp3) is 0.462. The summed E-state index contributed by atoms with van der Waals surface area (Å²) in [5.74, 6) is 0. The lowest BCUT2D eigenvalue weighted by molar-refractivity contribution is -0.0472. The molecule has 1 aromatic rings. The lowest BCUT2D eigenvalue weighted by Gasteiger charge is -2.37. The lowest BCUT2D eigenvalue weighted by atomic mass is 10.1. The third kappa shape index (κ3) is 3.27. The SMILES string of the molecule is C[C@@H]1CN(C(=S)c2ccc(Br)cc2)C[C@H](C)O1. The van der Waals surface area contributed by atoms with E-state index in [2.05, 4.69) is 46.8 Å². The van der Waals surface area contributed by atoms with Gasteiger partial charge >= 0.3 is 0 Å². The first kappa shape index (κ1) is 13.0. The monoisotopic (exact) mass is 313 g/mol. The van der Waals surface area contributed by atoms with Crippen molar-refractivity contribution in [1.29, 1.82) is 0 Å². The van der Waals surface area contributed by atoms with E-state index in [-0.39, 0.29) is 12.2 Å². The van der Waals surface area contributed by atoms with E-state index >= 15 is 0 Å². The summed E-state index contributed by atoms with van der Waals surface area (Å²) in [5.41, 5.74) is 1.10. The van der Waals surface area contributed by atoms with Crippen LogP contribution in [0.15, 0.2) is 28.7 Å². The summed E-state index contributed by atoms with van der Waals surface area (Å²) in [6, 6.07) is 8.15. The minimum atomic E-state index is 0.243. The smallest absolute Gasteiger partial charge is 0.109 e. The Morgan fingerprint density at radius 1 is 1.24 bits per heavy atom. The molecule has 1 heterocycles.